The van der Waals surface area contributed by atoms with Crippen molar-refractivity contribution < 1.29 is 23.6 Å². The number of hydrogen-bond acceptors (Lipinski definition) is 8. The van der Waals surface area contributed by atoms with Crippen molar-refractivity contribution in [2.45, 2.75) is 19.6 Å². The Bertz CT molecular complexity index is 2250. The first-order valence-electron chi connectivity index (χ1n) is 14.5. The zero-order valence-corrected chi connectivity index (χ0v) is 30.2. The summed E-state index contributed by atoms with van der Waals surface area (Å²) in [5.41, 5.74) is 2.70. The number of nitrogens with zero attached hydrogens (tertiary/aromatic N) is 3. The van der Waals surface area contributed by atoms with Crippen molar-refractivity contribution in [3.63, 3.8) is 0 Å². The summed E-state index contributed by atoms with van der Waals surface area (Å²) in [7, 11) is 0. The van der Waals surface area contributed by atoms with Gasteiger partial charge in [0.05, 0.1) is 36.9 Å². The number of nitro benzene ring substituents is 1. The molecule has 1 aliphatic rings. The SMILES string of the molecule is CCOC(=O)C1=C(c2ccccc2)N=c2s/c(=C\c3cc(I)cc(I)c3OCc3ccc([N+](=O)[O-])cc3)c(=O)n2[C@H]1c1ccc(F)cc1. The summed E-state index contributed by atoms with van der Waals surface area (Å²) in [6.45, 7) is 1.95. The predicted octanol–water partition coefficient (Wildman–Crippen LogP) is 6.77. The van der Waals surface area contributed by atoms with Crippen LogP contribution < -0.4 is 19.6 Å². The third-order valence-electron chi connectivity index (χ3n) is 7.41. The molecule has 1 atom stereocenters. The Hall–Kier alpha value is -4.22. The van der Waals surface area contributed by atoms with Gasteiger partial charge in [0.2, 0.25) is 0 Å². The van der Waals surface area contributed by atoms with Gasteiger partial charge in [-0.05, 0) is 106 Å². The van der Waals surface area contributed by atoms with E-state index in [4.69, 9.17) is 14.5 Å². The van der Waals surface area contributed by atoms with Gasteiger partial charge in [-0.25, -0.2) is 14.2 Å². The molecule has 0 bridgehead atoms. The van der Waals surface area contributed by atoms with Crippen molar-refractivity contribution in [3.05, 3.63) is 162 Å². The third kappa shape index (κ3) is 6.98. The second-order valence-corrected chi connectivity index (χ2v) is 13.9. The van der Waals surface area contributed by atoms with Crippen molar-refractivity contribution in [2.24, 2.45) is 4.99 Å². The van der Waals surface area contributed by atoms with Crippen molar-refractivity contribution in [1.29, 1.82) is 0 Å². The largest absolute Gasteiger partial charge is 0.487 e. The fourth-order valence-electron chi connectivity index (χ4n) is 5.25. The van der Waals surface area contributed by atoms with E-state index in [-0.39, 0.29) is 24.5 Å². The second-order valence-electron chi connectivity index (χ2n) is 10.5. The Balaban J connectivity index is 1.52. The molecule has 0 saturated heterocycles. The predicted molar refractivity (Wildman–Crippen MR) is 197 cm³/mol. The van der Waals surface area contributed by atoms with Crippen LogP contribution in [0, 0.1) is 23.1 Å². The van der Waals surface area contributed by atoms with Crippen molar-refractivity contribution >= 4 is 79.9 Å². The monoisotopic (exact) mass is 887 g/mol. The first-order chi connectivity index (χ1) is 23.1. The molecule has 0 spiro atoms. The number of non-ortho nitro benzene ring substituents is 1. The average molecular weight is 887 g/mol. The molecule has 0 radical (unpaired) electrons. The Morgan fingerprint density at radius 2 is 1.77 bits per heavy atom. The number of aromatic nitrogens is 1. The lowest BCUT2D eigenvalue weighted by Gasteiger charge is -2.25. The van der Waals surface area contributed by atoms with E-state index in [2.05, 4.69) is 45.2 Å². The van der Waals surface area contributed by atoms with Crippen LogP contribution in [0.1, 0.15) is 35.2 Å². The maximum Gasteiger partial charge on any atom is 0.338 e. The molecule has 5 aromatic rings. The Kier molecular flexibility index (Phi) is 10.2. The number of carbonyl (C=O) groups excluding carboxylic acids is 1. The van der Waals surface area contributed by atoms with Crippen LogP contribution in [0.3, 0.4) is 0 Å². The van der Waals surface area contributed by atoms with Gasteiger partial charge in [0, 0.05) is 26.8 Å². The normalized spacial score (nSPS) is 14.3. The maximum atomic E-state index is 14.3. The highest BCUT2D eigenvalue weighted by Crippen LogP contribution is 2.35. The van der Waals surface area contributed by atoms with Crippen LogP contribution >= 0.6 is 56.5 Å². The highest BCUT2D eigenvalue weighted by atomic mass is 127. The highest BCUT2D eigenvalue weighted by molar-refractivity contribution is 14.1. The number of fused-ring (bicyclic) bond motifs is 1. The van der Waals surface area contributed by atoms with Crippen LogP contribution in [0.25, 0.3) is 11.8 Å². The van der Waals surface area contributed by atoms with Crippen LogP contribution in [0.4, 0.5) is 10.1 Å². The first kappa shape index (κ1) is 33.7. The molecule has 4 aromatic carbocycles. The molecule has 1 aromatic heterocycles. The zero-order valence-electron chi connectivity index (χ0n) is 25.1. The van der Waals surface area contributed by atoms with E-state index in [1.807, 2.05) is 42.5 Å². The van der Waals surface area contributed by atoms with Gasteiger partial charge in [-0.15, -0.1) is 0 Å². The van der Waals surface area contributed by atoms with Gasteiger partial charge in [-0.3, -0.25) is 19.5 Å². The summed E-state index contributed by atoms with van der Waals surface area (Å²) in [5.74, 6) is -0.545. The van der Waals surface area contributed by atoms with Crippen LogP contribution in [0.5, 0.6) is 5.75 Å². The molecule has 242 valence electrons. The van der Waals surface area contributed by atoms with E-state index >= 15 is 0 Å². The molecule has 0 unspecified atom stereocenters. The quantitative estimate of drug-likeness (QED) is 0.0700. The van der Waals surface area contributed by atoms with Gasteiger partial charge in [0.15, 0.2) is 4.80 Å². The van der Waals surface area contributed by atoms with Gasteiger partial charge in [0.1, 0.15) is 18.2 Å². The topological polar surface area (TPSA) is 113 Å². The van der Waals surface area contributed by atoms with Gasteiger partial charge < -0.3 is 9.47 Å². The molecule has 0 aliphatic carbocycles. The number of halogens is 3. The second kappa shape index (κ2) is 14.5. The number of hydrogen-bond donors (Lipinski definition) is 0. The Morgan fingerprint density at radius 3 is 2.44 bits per heavy atom. The minimum absolute atomic E-state index is 0.0147. The molecule has 0 amide bonds. The summed E-state index contributed by atoms with van der Waals surface area (Å²) in [5, 5.41) is 11.1. The third-order valence-corrected chi connectivity index (χ3v) is 9.82. The lowest BCUT2D eigenvalue weighted by atomic mass is 9.93. The fraction of sp³-hybridized carbons (Fsp3) is 0.114. The molecule has 2 heterocycles. The number of nitro groups is 1. The molecule has 1 aliphatic heterocycles. The van der Waals surface area contributed by atoms with E-state index in [0.29, 0.717) is 37.5 Å². The van der Waals surface area contributed by atoms with Gasteiger partial charge >= 0.3 is 5.97 Å². The summed E-state index contributed by atoms with van der Waals surface area (Å²) in [4.78, 5) is 43.8. The van der Waals surface area contributed by atoms with Crippen LogP contribution in [0.15, 0.2) is 106 Å². The van der Waals surface area contributed by atoms with E-state index in [1.54, 1.807) is 37.3 Å². The van der Waals surface area contributed by atoms with Gasteiger partial charge in [0.25, 0.3) is 11.2 Å². The lowest BCUT2D eigenvalue weighted by Crippen LogP contribution is -2.40. The number of carbonyl (C=O) groups is 1. The smallest absolute Gasteiger partial charge is 0.338 e. The summed E-state index contributed by atoms with van der Waals surface area (Å²) in [6, 6.07) is 23.9. The van der Waals surface area contributed by atoms with Gasteiger partial charge in [-0.1, -0.05) is 53.8 Å². The summed E-state index contributed by atoms with van der Waals surface area (Å²) in [6.07, 6.45) is 1.73. The summed E-state index contributed by atoms with van der Waals surface area (Å²) < 4.78 is 29.3. The highest BCUT2D eigenvalue weighted by Gasteiger charge is 2.35. The molecule has 0 fully saturated rings. The first-order valence-corrected chi connectivity index (χ1v) is 17.5. The van der Waals surface area contributed by atoms with E-state index in [0.717, 1.165) is 12.7 Å². The van der Waals surface area contributed by atoms with Crippen molar-refractivity contribution in [3.8, 4) is 5.75 Å². The number of esters is 1. The molecular weight excluding hydrogens is 863 g/mol. The molecule has 0 N–H and O–H groups in total. The molecule has 0 saturated carbocycles. The minimum atomic E-state index is -0.938. The van der Waals surface area contributed by atoms with Crippen LogP contribution in [-0.2, 0) is 16.1 Å². The lowest BCUT2D eigenvalue weighted by molar-refractivity contribution is -0.384. The van der Waals surface area contributed by atoms with E-state index in [9.17, 15) is 24.1 Å². The maximum absolute atomic E-state index is 14.3. The Morgan fingerprint density at radius 1 is 1.06 bits per heavy atom. The number of thiazole rings is 1. The van der Waals surface area contributed by atoms with E-state index in [1.165, 1.54) is 40.2 Å². The summed E-state index contributed by atoms with van der Waals surface area (Å²) >= 11 is 5.53. The number of ether oxygens (including phenoxy) is 2. The molecule has 9 nitrogen and oxygen atoms in total. The van der Waals surface area contributed by atoms with Crippen molar-refractivity contribution in [1.82, 2.24) is 4.57 Å². The number of benzene rings is 4. The Labute approximate surface area is 304 Å². The van der Waals surface area contributed by atoms with Gasteiger partial charge in [-0.2, -0.15) is 0 Å². The van der Waals surface area contributed by atoms with Crippen LogP contribution in [-0.4, -0.2) is 22.1 Å². The average Bonchev–Trinajstić information content (AvgIpc) is 3.38. The minimum Gasteiger partial charge on any atom is -0.487 e. The standard InChI is InChI=1S/C35H24FI2N3O6S/c1-2-46-34(43)29-30(21-6-4-3-5-7-21)39-35-40(31(29)22-10-12-24(36)13-11-22)33(42)28(48-35)17-23-16-25(37)18-27(38)32(23)47-19-20-8-14-26(15-9-20)41(44)45/h3-18,31H,2,19H2,1H3/b28-17-/t31-/m0/s1. The number of rotatable bonds is 9. The van der Waals surface area contributed by atoms with E-state index < -0.39 is 28.3 Å². The zero-order chi connectivity index (χ0) is 33.9. The molecular formula is C35H24FI2N3O6S. The molecule has 6 rings (SSSR count). The van der Waals surface area contributed by atoms with Crippen LogP contribution in [0.2, 0.25) is 0 Å². The molecule has 13 heteroatoms. The molecule has 48 heavy (non-hydrogen) atoms. The van der Waals surface area contributed by atoms with Crippen molar-refractivity contribution in [2.75, 3.05) is 6.61 Å². The fourth-order valence-corrected chi connectivity index (χ4v) is 8.29.